The minimum absolute atomic E-state index is 0.287. The number of benzene rings is 1. The lowest BCUT2D eigenvalue weighted by molar-refractivity contribution is 0.628. The molecule has 1 aromatic heterocycles. The summed E-state index contributed by atoms with van der Waals surface area (Å²) in [5.41, 5.74) is 0.645. The molecular weight excluding hydrogens is 261 g/mol. The zero-order valence-electron chi connectivity index (χ0n) is 7.61. The monoisotopic (exact) mass is 267 g/mol. The molecule has 0 bridgehead atoms. The van der Waals surface area contributed by atoms with E-state index < -0.39 is 0 Å². The van der Waals surface area contributed by atoms with Gasteiger partial charge in [-0.1, -0.05) is 6.07 Å². The van der Waals surface area contributed by atoms with E-state index >= 15 is 0 Å². The van der Waals surface area contributed by atoms with Crippen LogP contribution in [0.3, 0.4) is 0 Å². The molecule has 0 atom stereocenters. The van der Waals surface area contributed by atoms with E-state index in [1.54, 1.807) is 24.5 Å². The lowest BCUT2D eigenvalue weighted by Gasteiger charge is -2.04. The molecule has 1 aromatic carbocycles. The van der Waals surface area contributed by atoms with Crippen LogP contribution in [0.2, 0.25) is 0 Å². The second-order valence-electron chi connectivity index (χ2n) is 2.86. The largest absolute Gasteiger partial charge is 0.339 e. The summed E-state index contributed by atoms with van der Waals surface area (Å²) in [4.78, 5) is 8.06. The summed E-state index contributed by atoms with van der Waals surface area (Å²) in [6, 6.07) is 6.17. The van der Waals surface area contributed by atoms with Gasteiger partial charge in [-0.2, -0.15) is 0 Å². The first-order chi connectivity index (χ1) is 7.24. The van der Waals surface area contributed by atoms with Gasteiger partial charge in [0.05, 0.1) is 12.4 Å². The molecule has 0 fully saturated rings. The van der Waals surface area contributed by atoms with Crippen molar-refractivity contribution in [1.82, 2.24) is 9.97 Å². The number of anilines is 2. The van der Waals surface area contributed by atoms with Crippen LogP contribution in [-0.4, -0.2) is 9.97 Å². The van der Waals surface area contributed by atoms with Crippen LogP contribution in [-0.2, 0) is 0 Å². The quantitative estimate of drug-likeness (QED) is 0.909. The Kier molecular flexibility index (Phi) is 2.91. The fourth-order valence-corrected chi connectivity index (χ4v) is 1.30. The standard InChI is InChI=1S/C10H7BrFN3/c11-9-5-14-10(6-13-9)15-8-3-1-2-7(12)4-8/h1-6H,(H,14,15). The molecule has 0 radical (unpaired) electrons. The molecule has 0 aliphatic rings. The van der Waals surface area contributed by atoms with Crippen LogP contribution in [0.1, 0.15) is 0 Å². The molecule has 2 rings (SSSR count). The van der Waals surface area contributed by atoms with Gasteiger partial charge < -0.3 is 5.32 Å². The van der Waals surface area contributed by atoms with E-state index in [2.05, 4.69) is 31.2 Å². The van der Waals surface area contributed by atoms with Gasteiger partial charge in [-0.15, -0.1) is 0 Å². The topological polar surface area (TPSA) is 37.8 Å². The molecular formula is C10H7BrFN3. The Morgan fingerprint density at radius 3 is 2.73 bits per heavy atom. The molecule has 0 aliphatic carbocycles. The lowest BCUT2D eigenvalue weighted by atomic mass is 10.3. The van der Waals surface area contributed by atoms with Crippen molar-refractivity contribution in [2.75, 3.05) is 5.32 Å². The predicted octanol–water partition coefficient (Wildman–Crippen LogP) is 3.12. The van der Waals surface area contributed by atoms with Crippen molar-refractivity contribution in [2.24, 2.45) is 0 Å². The Morgan fingerprint density at radius 1 is 1.20 bits per heavy atom. The highest BCUT2D eigenvalue weighted by Crippen LogP contribution is 2.15. The average molecular weight is 268 g/mol. The number of nitrogens with zero attached hydrogens (tertiary/aromatic N) is 2. The number of halogens is 2. The summed E-state index contributed by atoms with van der Waals surface area (Å²) in [7, 11) is 0. The fourth-order valence-electron chi connectivity index (χ4n) is 1.09. The molecule has 0 aliphatic heterocycles. The van der Waals surface area contributed by atoms with Crippen LogP contribution in [0.4, 0.5) is 15.9 Å². The smallest absolute Gasteiger partial charge is 0.148 e. The number of nitrogens with one attached hydrogen (secondary N) is 1. The van der Waals surface area contributed by atoms with Crippen LogP contribution in [0, 0.1) is 5.82 Å². The van der Waals surface area contributed by atoms with Gasteiger partial charge in [0, 0.05) is 5.69 Å². The highest BCUT2D eigenvalue weighted by Gasteiger charge is 1.97. The van der Waals surface area contributed by atoms with Gasteiger partial charge in [0.1, 0.15) is 16.2 Å². The van der Waals surface area contributed by atoms with Gasteiger partial charge in [-0.25, -0.2) is 14.4 Å². The van der Waals surface area contributed by atoms with Gasteiger partial charge in [-0.3, -0.25) is 0 Å². The van der Waals surface area contributed by atoms with Crippen molar-refractivity contribution in [1.29, 1.82) is 0 Å². The first-order valence-electron chi connectivity index (χ1n) is 4.24. The average Bonchev–Trinajstić information content (AvgIpc) is 2.22. The van der Waals surface area contributed by atoms with E-state index in [0.717, 1.165) is 0 Å². The molecule has 0 saturated heterocycles. The van der Waals surface area contributed by atoms with E-state index in [0.29, 0.717) is 16.1 Å². The zero-order valence-corrected chi connectivity index (χ0v) is 9.20. The second kappa shape index (κ2) is 4.35. The summed E-state index contributed by atoms with van der Waals surface area (Å²) < 4.78 is 13.5. The molecule has 15 heavy (non-hydrogen) atoms. The molecule has 0 unspecified atom stereocenters. The Bertz CT molecular complexity index is 458. The van der Waals surface area contributed by atoms with Crippen LogP contribution >= 0.6 is 15.9 Å². The molecule has 5 heteroatoms. The van der Waals surface area contributed by atoms with Crippen molar-refractivity contribution >= 4 is 27.4 Å². The van der Waals surface area contributed by atoms with Crippen molar-refractivity contribution in [2.45, 2.75) is 0 Å². The summed E-state index contributed by atoms with van der Waals surface area (Å²) in [6.07, 6.45) is 3.14. The number of hydrogen-bond donors (Lipinski definition) is 1. The summed E-state index contributed by atoms with van der Waals surface area (Å²) in [5.74, 6) is 0.286. The maximum absolute atomic E-state index is 12.9. The van der Waals surface area contributed by atoms with Gasteiger partial charge in [0.2, 0.25) is 0 Å². The normalized spacial score (nSPS) is 10.0. The summed E-state index contributed by atoms with van der Waals surface area (Å²) >= 11 is 3.18. The first kappa shape index (κ1) is 10.0. The maximum atomic E-state index is 12.9. The Balaban J connectivity index is 2.18. The van der Waals surface area contributed by atoms with Crippen LogP contribution < -0.4 is 5.32 Å². The SMILES string of the molecule is Fc1cccc(Nc2cnc(Br)cn2)c1. The van der Waals surface area contributed by atoms with Crippen LogP contribution in [0.25, 0.3) is 0 Å². The highest BCUT2D eigenvalue weighted by atomic mass is 79.9. The molecule has 2 aromatic rings. The zero-order chi connectivity index (χ0) is 10.7. The van der Waals surface area contributed by atoms with Crippen molar-refractivity contribution < 1.29 is 4.39 Å². The van der Waals surface area contributed by atoms with Crippen molar-refractivity contribution in [3.05, 3.63) is 47.1 Å². The second-order valence-corrected chi connectivity index (χ2v) is 3.67. The minimum Gasteiger partial charge on any atom is -0.339 e. The van der Waals surface area contributed by atoms with E-state index in [1.165, 1.54) is 12.1 Å². The van der Waals surface area contributed by atoms with Crippen molar-refractivity contribution in [3.8, 4) is 0 Å². The predicted molar refractivity (Wildman–Crippen MR) is 59.4 cm³/mol. The maximum Gasteiger partial charge on any atom is 0.148 e. The molecule has 76 valence electrons. The lowest BCUT2D eigenvalue weighted by Crippen LogP contribution is -1.94. The van der Waals surface area contributed by atoms with E-state index in [-0.39, 0.29) is 5.82 Å². The van der Waals surface area contributed by atoms with Gasteiger partial charge in [0.25, 0.3) is 0 Å². The number of rotatable bonds is 2. The molecule has 3 nitrogen and oxygen atoms in total. The van der Waals surface area contributed by atoms with E-state index in [1.807, 2.05) is 0 Å². The number of hydrogen-bond acceptors (Lipinski definition) is 3. The number of aromatic nitrogens is 2. The van der Waals surface area contributed by atoms with E-state index in [9.17, 15) is 4.39 Å². The van der Waals surface area contributed by atoms with Gasteiger partial charge in [0.15, 0.2) is 0 Å². The Labute approximate surface area is 94.5 Å². The molecule has 1 N–H and O–H groups in total. The van der Waals surface area contributed by atoms with E-state index in [4.69, 9.17) is 0 Å². The molecule has 0 saturated carbocycles. The molecule has 0 amide bonds. The van der Waals surface area contributed by atoms with Gasteiger partial charge >= 0.3 is 0 Å². The van der Waals surface area contributed by atoms with Crippen molar-refractivity contribution in [3.63, 3.8) is 0 Å². The molecule has 0 spiro atoms. The van der Waals surface area contributed by atoms with Crippen LogP contribution in [0.15, 0.2) is 41.3 Å². The Morgan fingerprint density at radius 2 is 2.07 bits per heavy atom. The van der Waals surface area contributed by atoms with Crippen LogP contribution in [0.5, 0.6) is 0 Å². The minimum atomic E-state index is -0.287. The summed E-state index contributed by atoms with van der Waals surface area (Å²) in [5, 5.41) is 2.94. The summed E-state index contributed by atoms with van der Waals surface area (Å²) in [6.45, 7) is 0. The third-order valence-electron chi connectivity index (χ3n) is 1.72. The third kappa shape index (κ3) is 2.73. The Hall–Kier alpha value is -1.49. The molecule has 1 heterocycles. The third-order valence-corrected chi connectivity index (χ3v) is 2.13. The highest BCUT2D eigenvalue weighted by molar-refractivity contribution is 9.10. The van der Waals surface area contributed by atoms with Gasteiger partial charge in [-0.05, 0) is 34.1 Å². The fraction of sp³-hybridized carbons (Fsp3) is 0. The first-order valence-corrected chi connectivity index (χ1v) is 5.03.